The summed E-state index contributed by atoms with van der Waals surface area (Å²) in [6, 6.07) is 71.5. The molecular weight excluding hydrogens is 595 g/mol. The molecule has 3 heteroatoms. The van der Waals surface area contributed by atoms with Gasteiger partial charge in [-0.1, -0.05) is 103 Å². The quantitative estimate of drug-likeness (QED) is 0.174. The molecule has 0 unspecified atom stereocenters. The van der Waals surface area contributed by atoms with E-state index < -0.39 is 0 Å². The molecule has 0 saturated heterocycles. The fourth-order valence-electron chi connectivity index (χ4n) is 7.07. The molecule has 0 radical (unpaired) electrons. The molecule has 49 heavy (non-hydrogen) atoms. The standard InChI is InChI=1S/C46H33N3/c1-4-16-36(17-5-1)47(37-18-6-2-7-19-37)39-26-28-40(29-27-39)48(38-20-8-3-9-21-38)42-30-31-46-44(33-42)43-22-12-13-23-45(43)49(46)41-25-24-34-14-10-11-15-35(34)32-41/h1-33H. The first kappa shape index (κ1) is 28.6. The normalized spacial score (nSPS) is 11.3. The largest absolute Gasteiger partial charge is 0.311 e. The lowest BCUT2D eigenvalue weighted by molar-refractivity contribution is 1.18. The van der Waals surface area contributed by atoms with E-state index in [1.165, 1.54) is 32.6 Å². The van der Waals surface area contributed by atoms with Crippen molar-refractivity contribution in [2.75, 3.05) is 9.80 Å². The highest BCUT2D eigenvalue weighted by molar-refractivity contribution is 6.11. The lowest BCUT2D eigenvalue weighted by Gasteiger charge is -2.28. The SMILES string of the molecule is c1ccc(N(c2ccccc2)c2ccc(N(c3ccccc3)c3ccc4c(c3)c3ccccc3n4-c3ccc4ccccc4c3)cc2)cc1. The zero-order valence-corrected chi connectivity index (χ0v) is 26.9. The van der Waals surface area contributed by atoms with E-state index in [0.717, 1.165) is 39.8 Å². The van der Waals surface area contributed by atoms with Gasteiger partial charge in [0.2, 0.25) is 0 Å². The highest BCUT2D eigenvalue weighted by Gasteiger charge is 2.18. The molecule has 1 aromatic heterocycles. The van der Waals surface area contributed by atoms with Crippen LogP contribution in [0.1, 0.15) is 0 Å². The molecule has 0 fully saturated rings. The van der Waals surface area contributed by atoms with Crippen molar-refractivity contribution in [3.8, 4) is 5.69 Å². The van der Waals surface area contributed by atoms with E-state index in [1.54, 1.807) is 0 Å². The van der Waals surface area contributed by atoms with Crippen LogP contribution >= 0.6 is 0 Å². The van der Waals surface area contributed by atoms with E-state index in [9.17, 15) is 0 Å². The smallest absolute Gasteiger partial charge is 0.0542 e. The maximum Gasteiger partial charge on any atom is 0.0542 e. The van der Waals surface area contributed by atoms with E-state index in [0.29, 0.717) is 0 Å². The van der Waals surface area contributed by atoms with Crippen molar-refractivity contribution >= 4 is 66.7 Å². The first-order valence-corrected chi connectivity index (χ1v) is 16.7. The van der Waals surface area contributed by atoms with E-state index >= 15 is 0 Å². The van der Waals surface area contributed by atoms with Crippen LogP contribution in [0.25, 0.3) is 38.3 Å². The van der Waals surface area contributed by atoms with Gasteiger partial charge in [-0.3, -0.25) is 0 Å². The Labute approximate surface area is 286 Å². The van der Waals surface area contributed by atoms with Gasteiger partial charge in [-0.05, 0) is 108 Å². The summed E-state index contributed by atoms with van der Waals surface area (Å²) in [7, 11) is 0. The maximum absolute atomic E-state index is 2.39. The number of fused-ring (bicyclic) bond motifs is 4. The molecule has 0 aliphatic heterocycles. The van der Waals surface area contributed by atoms with Gasteiger partial charge >= 0.3 is 0 Å². The molecule has 0 amide bonds. The number of hydrogen-bond donors (Lipinski definition) is 0. The first-order valence-electron chi connectivity index (χ1n) is 16.7. The third-order valence-electron chi connectivity index (χ3n) is 9.31. The van der Waals surface area contributed by atoms with Gasteiger partial charge in [0.25, 0.3) is 0 Å². The van der Waals surface area contributed by atoms with Crippen molar-refractivity contribution in [2.45, 2.75) is 0 Å². The molecule has 3 nitrogen and oxygen atoms in total. The van der Waals surface area contributed by atoms with Gasteiger partial charge in [-0.2, -0.15) is 0 Å². The average Bonchev–Trinajstić information content (AvgIpc) is 3.50. The first-order chi connectivity index (χ1) is 24.3. The van der Waals surface area contributed by atoms with Crippen LogP contribution in [0, 0.1) is 0 Å². The van der Waals surface area contributed by atoms with Gasteiger partial charge < -0.3 is 14.4 Å². The summed E-state index contributed by atoms with van der Waals surface area (Å²) >= 11 is 0. The number of nitrogens with zero attached hydrogens (tertiary/aromatic N) is 3. The highest BCUT2D eigenvalue weighted by atomic mass is 15.2. The van der Waals surface area contributed by atoms with Crippen molar-refractivity contribution in [1.29, 1.82) is 0 Å². The number of hydrogen-bond acceptors (Lipinski definition) is 2. The molecular formula is C46H33N3. The van der Waals surface area contributed by atoms with E-state index in [-0.39, 0.29) is 0 Å². The minimum atomic E-state index is 1.09. The Bertz CT molecular complexity index is 2500. The van der Waals surface area contributed by atoms with E-state index in [1.807, 2.05) is 0 Å². The lowest BCUT2D eigenvalue weighted by Crippen LogP contribution is -2.12. The molecule has 0 saturated carbocycles. The Morgan fingerprint density at radius 3 is 1.35 bits per heavy atom. The molecule has 9 aromatic rings. The maximum atomic E-state index is 2.39. The molecule has 9 rings (SSSR count). The number of benzene rings is 8. The molecule has 0 spiro atoms. The second kappa shape index (κ2) is 12.2. The monoisotopic (exact) mass is 627 g/mol. The Morgan fingerprint density at radius 1 is 0.286 bits per heavy atom. The van der Waals surface area contributed by atoms with E-state index in [4.69, 9.17) is 0 Å². The van der Waals surface area contributed by atoms with Crippen LogP contribution < -0.4 is 9.80 Å². The second-order valence-electron chi connectivity index (χ2n) is 12.3. The predicted molar refractivity (Wildman–Crippen MR) is 208 cm³/mol. The van der Waals surface area contributed by atoms with Crippen LogP contribution in [-0.2, 0) is 0 Å². The van der Waals surface area contributed by atoms with E-state index in [2.05, 4.69) is 215 Å². The number of aromatic nitrogens is 1. The molecule has 0 aliphatic rings. The fraction of sp³-hybridized carbons (Fsp3) is 0. The van der Waals surface area contributed by atoms with Crippen LogP contribution in [0.3, 0.4) is 0 Å². The Hall–Kier alpha value is -6.58. The molecule has 0 aliphatic carbocycles. The number of rotatable bonds is 7. The number of anilines is 6. The van der Waals surface area contributed by atoms with Crippen LogP contribution in [0.2, 0.25) is 0 Å². The average molecular weight is 628 g/mol. The summed E-state index contributed by atoms with van der Waals surface area (Å²) in [4.78, 5) is 4.64. The summed E-state index contributed by atoms with van der Waals surface area (Å²) in [5.74, 6) is 0. The Kier molecular flexibility index (Phi) is 7.14. The van der Waals surface area contributed by atoms with Crippen molar-refractivity contribution in [2.24, 2.45) is 0 Å². The Morgan fingerprint density at radius 2 is 0.735 bits per heavy atom. The van der Waals surface area contributed by atoms with Gasteiger partial charge in [0.1, 0.15) is 0 Å². The van der Waals surface area contributed by atoms with Gasteiger partial charge in [-0.25, -0.2) is 0 Å². The van der Waals surface area contributed by atoms with Gasteiger partial charge in [0, 0.05) is 50.6 Å². The molecule has 0 bridgehead atoms. The van der Waals surface area contributed by atoms with Crippen molar-refractivity contribution in [1.82, 2.24) is 4.57 Å². The fourth-order valence-corrected chi connectivity index (χ4v) is 7.07. The van der Waals surface area contributed by atoms with Crippen molar-refractivity contribution in [3.63, 3.8) is 0 Å². The van der Waals surface area contributed by atoms with Crippen LogP contribution in [-0.4, -0.2) is 4.57 Å². The highest BCUT2D eigenvalue weighted by Crippen LogP contribution is 2.41. The van der Waals surface area contributed by atoms with Crippen molar-refractivity contribution < 1.29 is 0 Å². The summed E-state index contributed by atoms with van der Waals surface area (Å²) in [5.41, 5.74) is 10.2. The van der Waals surface area contributed by atoms with Crippen LogP contribution in [0.4, 0.5) is 34.1 Å². The van der Waals surface area contributed by atoms with Crippen LogP contribution in [0.15, 0.2) is 200 Å². The summed E-state index contributed by atoms with van der Waals surface area (Å²) in [6.45, 7) is 0. The zero-order valence-electron chi connectivity index (χ0n) is 26.9. The van der Waals surface area contributed by atoms with Gasteiger partial charge in [0.15, 0.2) is 0 Å². The lowest BCUT2D eigenvalue weighted by atomic mass is 10.1. The predicted octanol–water partition coefficient (Wildman–Crippen LogP) is 12.9. The van der Waals surface area contributed by atoms with Crippen molar-refractivity contribution in [3.05, 3.63) is 200 Å². The summed E-state index contributed by atoms with van der Waals surface area (Å²) in [5, 5.41) is 4.93. The Balaban J connectivity index is 1.18. The minimum Gasteiger partial charge on any atom is -0.311 e. The third kappa shape index (κ3) is 5.18. The molecule has 0 N–H and O–H groups in total. The molecule has 1 heterocycles. The van der Waals surface area contributed by atoms with Gasteiger partial charge in [-0.15, -0.1) is 0 Å². The number of para-hydroxylation sites is 4. The topological polar surface area (TPSA) is 11.4 Å². The summed E-state index contributed by atoms with van der Waals surface area (Å²) in [6.07, 6.45) is 0. The van der Waals surface area contributed by atoms with Gasteiger partial charge in [0.05, 0.1) is 11.0 Å². The minimum absolute atomic E-state index is 1.09. The molecule has 232 valence electrons. The molecule has 0 atom stereocenters. The zero-order chi connectivity index (χ0) is 32.6. The third-order valence-corrected chi connectivity index (χ3v) is 9.31. The van der Waals surface area contributed by atoms with Crippen LogP contribution in [0.5, 0.6) is 0 Å². The second-order valence-corrected chi connectivity index (χ2v) is 12.3. The molecule has 8 aromatic carbocycles. The summed E-state index contributed by atoms with van der Waals surface area (Å²) < 4.78 is 2.39.